The van der Waals surface area contributed by atoms with Gasteiger partial charge in [-0.2, -0.15) is 0 Å². The van der Waals surface area contributed by atoms with Crippen LogP contribution in [0, 0.1) is 5.82 Å². The second-order valence-electron chi connectivity index (χ2n) is 4.46. The molecule has 2 rings (SSSR count). The summed E-state index contributed by atoms with van der Waals surface area (Å²) in [6.45, 7) is 3.29. The molecular formula is C15H14FNO3. The Labute approximate surface area is 115 Å². The predicted octanol–water partition coefficient (Wildman–Crippen LogP) is 2.58. The molecule has 1 aliphatic rings. The maximum absolute atomic E-state index is 12.8. The number of nitrogens with one attached hydrogen (secondary N) is 1. The van der Waals surface area contributed by atoms with Gasteiger partial charge in [-0.25, -0.2) is 4.39 Å². The summed E-state index contributed by atoms with van der Waals surface area (Å²) < 4.78 is 18.1. The van der Waals surface area contributed by atoms with Crippen molar-refractivity contribution >= 4 is 17.8 Å². The quantitative estimate of drug-likeness (QED) is 0.680. The smallest absolute Gasteiger partial charge is 0.191 e. The molecule has 4 nitrogen and oxygen atoms in total. The molecule has 1 N–H and O–H groups in total. The third kappa shape index (κ3) is 2.93. The number of hydrogen-bond donors (Lipinski definition) is 1. The Hall–Kier alpha value is -2.43. The maximum Gasteiger partial charge on any atom is 0.191 e. The van der Waals surface area contributed by atoms with Crippen LogP contribution in [0.4, 0.5) is 10.1 Å². The molecule has 0 saturated heterocycles. The lowest BCUT2D eigenvalue weighted by Gasteiger charge is -2.23. The number of carbonyl (C=O) groups excluding carboxylic acids is 2. The van der Waals surface area contributed by atoms with E-state index in [-0.39, 0.29) is 17.2 Å². The van der Waals surface area contributed by atoms with E-state index >= 15 is 0 Å². The fourth-order valence-electron chi connectivity index (χ4n) is 2.01. The first-order chi connectivity index (χ1) is 9.51. The molecule has 0 aromatic heterocycles. The lowest BCUT2D eigenvalue weighted by Crippen LogP contribution is -2.28. The first kappa shape index (κ1) is 14.0. The van der Waals surface area contributed by atoms with Crippen LogP contribution in [0.3, 0.4) is 0 Å². The van der Waals surface area contributed by atoms with Crippen molar-refractivity contribution in [1.29, 1.82) is 0 Å². The standard InChI is InChI=1S/C15H14FNO3/c1-9-7-13(19)15(14(8-18)20-9)10(2)17-12-5-3-11(16)4-6-12/h3-8,14,17H,1-2H3. The zero-order valence-electron chi connectivity index (χ0n) is 11.1. The summed E-state index contributed by atoms with van der Waals surface area (Å²) in [5, 5.41) is 2.97. The van der Waals surface area contributed by atoms with Crippen molar-refractivity contribution in [2.75, 3.05) is 5.32 Å². The molecule has 1 aromatic rings. The Morgan fingerprint density at radius 2 is 2.00 bits per heavy atom. The van der Waals surface area contributed by atoms with Crippen LogP contribution in [0.1, 0.15) is 13.8 Å². The Bertz CT molecular complexity index is 602. The SMILES string of the molecule is CC1=CC(=O)C(=C(C)Nc2ccc(F)cc2)C(C=O)O1. The number of rotatable bonds is 3. The van der Waals surface area contributed by atoms with Gasteiger partial charge in [-0.15, -0.1) is 0 Å². The molecule has 1 heterocycles. The summed E-state index contributed by atoms with van der Waals surface area (Å²) >= 11 is 0. The van der Waals surface area contributed by atoms with Crippen LogP contribution >= 0.6 is 0 Å². The zero-order valence-corrected chi connectivity index (χ0v) is 11.1. The predicted molar refractivity (Wildman–Crippen MR) is 72.4 cm³/mol. The summed E-state index contributed by atoms with van der Waals surface area (Å²) in [6.07, 6.45) is 1.01. The number of ether oxygens (including phenoxy) is 1. The lowest BCUT2D eigenvalue weighted by molar-refractivity contribution is -0.120. The molecule has 0 amide bonds. The molecule has 0 spiro atoms. The molecule has 1 aliphatic heterocycles. The van der Waals surface area contributed by atoms with Gasteiger partial charge in [0.25, 0.3) is 0 Å². The highest BCUT2D eigenvalue weighted by atomic mass is 19.1. The van der Waals surface area contributed by atoms with Crippen molar-refractivity contribution in [3.8, 4) is 0 Å². The normalized spacial score (nSPS) is 20.9. The number of allylic oxidation sites excluding steroid dienone is 3. The van der Waals surface area contributed by atoms with E-state index < -0.39 is 6.10 Å². The third-order valence-electron chi connectivity index (χ3n) is 2.90. The largest absolute Gasteiger partial charge is 0.482 e. The van der Waals surface area contributed by atoms with E-state index in [1.165, 1.54) is 18.2 Å². The summed E-state index contributed by atoms with van der Waals surface area (Å²) in [4.78, 5) is 23.0. The number of anilines is 1. The summed E-state index contributed by atoms with van der Waals surface area (Å²) in [7, 11) is 0. The van der Waals surface area contributed by atoms with E-state index in [0.29, 0.717) is 23.4 Å². The fraction of sp³-hybridized carbons (Fsp3) is 0.200. The van der Waals surface area contributed by atoms with Gasteiger partial charge in [-0.3, -0.25) is 9.59 Å². The van der Waals surface area contributed by atoms with Crippen molar-refractivity contribution < 1.29 is 18.7 Å². The number of benzene rings is 1. The van der Waals surface area contributed by atoms with Crippen molar-refractivity contribution in [1.82, 2.24) is 0 Å². The zero-order chi connectivity index (χ0) is 14.7. The molecule has 1 atom stereocenters. The second kappa shape index (κ2) is 5.69. The van der Waals surface area contributed by atoms with Gasteiger partial charge in [0.15, 0.2) is 18.2 Å². The van der Waals surface area contributed by atoms with E-state index in [0.717, 1.165) is 0 Å². The van der Waals surface area contributed by atoms with E-state index in [2.05, 4.69) is 5.32 Å². The fourth-order valence-corrected chi connectivity index (χ4v) is 2.01. The summed E-state index contributed by atoms with van der Waals surface area (Å²) in [6, 6.07) is 5.70. The summed E-state index contributed by atoms with van der Waals surface area (Å²) in [5.74, 6) is -0.203. The first-order valence-corrected chi connectivity index (χ1v) is 6.09. The molecule has 1 unspecified atom stereocenters. The highest BCUT2D eigenvalue weighted by Gasteiger charge is 2.28. The molecule has 0 saturated carbocycles. The molecule has 104 valence electrons. The topological polar surface area (TPSA) is 55.4 Å². The van der Waals surface area contributed by atoms with Crippen molar-refractivity contribution in [3.05, 3.63) is 53.2 Å². The van der Waals surface area contributed by atoms with E-state index in [9.17, 15) is 14.0 Å². The minimum absolute atomic E-state index is 0.259. The summed E-state index contributed by atoms with van der Waals surface area (Å²) in [5.41, 5.74) is 1.39. The number of ketones is 1. The molecule has 0 bridgehead atoms. The first-order valence-electron chi connectivity index (χ1n) is 6.09. The highest BCUT2D eigenvalue weighted by molar-refractivity contribution is 6.09. The minimum atomic E-state index is -0.916. The average Bonchev–Trinajstić information content (AvgIpc) is 2.40. The Morgan fingerprint density at radius 1 is 1.35 bits per heavy atom. The molecule has 0 radical (unpaired) electrons. The minimum Gasteiger partial charge on any atom is -0.482 e. The average molecular weight is 275 g/mol. The van der Waals surface area contributed by atoms with Gasteiger partial charge in [0.05, 0.1) is 11.3 Å². The van der Waals surface area contributed by atoms with Gasteiger partial charge in [-0.05, 0) is 38.1 Å². The molecular weight excluding hydrogens is 261 g/mol. The van der Waals surface area contributed by atoms with Gasteiger partial charge in [0, 0.05) is 17.5 Å². The maximum atomic E-state index is 12.8. The van der Waals surface area contributed by atoms with Crippen LogP contribution in [0.25, 0.3) is 0 Å². The van der Waals surface area contributed by atoms with Crippen LogP contribution in [0.2, 0.25) is 0 Å². The van der Waals surface area contributed by atoms with E-state index in [1.54, 1.807) is 26.0 Å². The van der Waals surface area contributed by atoms with E-state index in [1.807, 2.05) is 0 Å². The Morgan fingerprint density at radius 3 is 2.60 bits per heavy atom. The van der Waals surface area contributed by atoms with Gasteiger partial charge >= 0.3 is 0 Å². The van der Waals surface area contributed by atoms with Crippen LogP contribution in [-0.2, 0) is 14.3 Å². The Kier molecular flexibility index (Phi) is 3.98. The highest BCUT2D eigenvalue weighted by Crippen LogP contribution is 2.22. The molecule has 0 fully saturated rings. The van der Waals surface area contributed by atoms with Crippen LogP contribution in [0.15, 0.2) is 47.4 Å². The van der Waals surface area contributed by atoms with Gasteiger partial charge in [0.2, 0.25) is 0 Å². The molecule has 20 heavy (non-hydrogen) atoms. The molecule has 1 aromatic carbocycles. The van der Waals surface area contributed by atoms with Gasteiger partial charge < -0.3 is 10.1 Å². The van der Waals surface area contributed by atoms with Gasteiger partial charge in [0.1, 0.15) is 5.82 Å². The molecule has 0 aliphatic carbocycles. The van der Waals surface area contributed by atoms with Crippen molar-refractivity contribution in [2.45, 2.75) is 20.0 Å². The van der Waals surface area contributed by atoms with Crippen molar-refractivity contribution in [2.24, 2.45) is 0 Å². The lowest BCUT2D eigenvalue weighted by atomic mass is 10.0. The van der Waals surface area contributed by atoms with E-state index in [4.69, 9.17) is 4.74 Å². The number of hydrogen-bond acceptors (Lipinski definition) is 4. The van der Waals surface area contributed by atoms with Crippen LogP contribution < -0.4 is 5.32 Å². The monoisotopic (exact) mass is 275 g/mol. The molecule has 5 heteroatoms. The Balaban J connectivity index is 2.32. The van der Waals surface area contributed by atoms with Gasteiger partial charge in [-0.1, -0.05) is 0 Å². The number of aldehydes is 1. The number of carbonyl (C=O) groups is 2. The number of halogens is 1. The van der Waals surface area contributed by atoms with Crippen LogP contribution in [-0.4, -0.2) is 18.2 Å². The second-order valence-corrected chi connectivity index (χ2v) is 4.46. The third-order valence-corrected chi connectivity index (χ3v) is 2.90. The van der Waals surface area contributed by atoms with Crippen LogP contribution in [0.5, 0.6) is 0 Å². The van der Waals surface area contributed by atoms with Crippen molar-refractivity contribution in [3.63, 3.8) is 0 Å².